The number of fused-ring (bicyclic) bond motifs is 4. The molecule has 0 saturated carbocycles. The van der Waals surface area contributed by atoms with Gasteiger partial charge in [0.1, 0.15) is 11.3 Å². The summed E-state index contributed by atoms with van der Waals surface area (Å²) in [5.74, 6) is 3.14. The molecule has 0 N–H and O–H groups in total. The predicted octanol–water partition coefficient (Wildman–Crippen LogP) is 14.4. The van der Waals surface area contributed by atoms with E-state index in [1.165, 1.54) is 39.0 Å². The summed E-state index contributed by atoms with van der Waals surface area (Å²) in [6.45, 7) is 18.0. The van der Waals surface area contributed by atoms with Crippen LogP contribution >= 0.6 is 0 Å². The van der Waals surface area contributed by atoms with Crippen molar-refractivity contribution in [3.8, 4) is 56.4 Å². The molecule has 292 valence electrons. The number of aryl methyl sites for hydroxylation is 1. The van der Waals surface area contributed by atoms with Crippen molar-refractivity contribution in [3.63, 3.8) is 0 Å². The number of hydrogen-bond acceptors (Lipinski definition) is 4. The minimum atomic E-state index is -0.219. The Balaban J connectivity index is 0.942. The average molecular weight is 778 g/mol. The topological polar surface area (TPSA) is 51.8 Å². The maximum atomic E-state index is 6.47. The van der Waals surface area contributed by atoms with E-state index in [9.17, 15) is 0 Å². The molecule has 2 aromatic heterocycles. The van der Waals surface area contributed by atoms with Crippen LogP contribution in [-0.4, -0.2) is 15.0 Å². The third-order valence-electron chi connectivity index (χ3n) is 12.7. The molecule has 0 radical (unpaired) electrons. The van der Waals surface area contributed by atoms with Gasteiger partial charge in [0, 0.05) is 39.8 Å². The van der Waals surface area contributed by atoms with E-state index in [4.69, 9.17) is 19.4 Å². The standard InChI is InChI=1S/C56H47N3O/c1-35(36(2)32-40-30-29-38-16-9-10-21-44(38)37(40)3)28-31-43-34-49-45(23-15-27-51(49)60-43)41-19-13-20-42(33-41)54-57-53(39-17-7-6-8-18-39)58-55(59-54)48-25-14-24-47-46-22-11-12-26-50(46)56(4,5)52(47)48/h6-9,11-20,22-27,29-30,33-34,40H,1-3,10,21,28,31-32H2,4-5H3. The molecule has 0 spiro atoms. The highest BCUT2D eigenvalue weighted by Gasteiger charge is 2.38. The van der Waals surface area contributed by atoms with E-state index in [1.54, 1.807) is 0 Å². The fraction of sp³-hybridized carbons (Fsp3) is 0.161. The summed E-state index contributed by atoms with van der Waals surface area (Å²) < 4.78 is 6.47. The van der Waals surface area contributed by atoms with Gasteiger partial charge in [-0.3, -0.25) is 0 Å². The van der Waals surface area contributed by atoms with Crippen molar-refractivity contribution in [1.29, 1.82) is 0 Å². The molecule has 3 aliphatic rings. The lowest BCUT2D eigenvalue weighted by Crippen LogP contribution is -2.17. The second kappa shape index (κ2) is 15.0. The largest absolute Gasteiger partial charge is 0.461 e. The zero-order chi connectivity index (χ0) is 41.0. The number of allylic oxidation sites excluding steroid dienone is 9. The molecule has 0 amide bonds. The van der Waals surface area contributed by atoms with Gasteiger partial charge in [0.2, 0.25) is 0 Å². The number of rotatable bonds is 10. The van der Waals surface area contributed by atoms with Gasteiger partial charge in [-0.1, -0.05) is 172 Å². The lowest BCUT2D eigenvalue weighted by molar-refractivity contribution is 0.547. The molecule has 4 nitrogen and oxygen atoms in total. The van der Waals surface area contributed by atoms with E-state index in [-0.39, 0.29) is 11.3 Å². The average Bonchev–Trinajstić information content (AvgIpc) is 3.82. The third-order valence-corrected chi connectivity index (χ3v) is 12.7. The maximum Gasteiger partial charge on any atom is 0.164 e. The number of hydrogen-bond donors (Lipinski definition) is 0. The summed E-state index contributed by atoms with van der Waals surface area (Å²) in [5.41, 5.74) is 16.8. The number of aromatic nitrogens is 3. The van der Waals surface area contributed by atoms with Gasteiger partial charge in [0.25, 0.3) is 0 Å². The quantitative estimate of drug-likeness (QED) is 0.130. The maximum absolute atomic E-state index is 6.47. The fourth-order valence-corrected chi connectivity index (χ4v) is 9.49. The Morgan fingerprint density at radius 3 is 2.23 bits per heavy atom. The Labute approximate surface area is 352 Å². The van der Waals surface area contributed by atoms with Crippen LogP contribution in [-0.2, 0) is 11.8 Å². The second-order valence-electron chi connectivity index (χ2n) is 16.9. The molecule has 0 aliphatic heterocycles. The molecule has 1 atom stereocenters. The van der Waals surface area contributed by atoms with E-state index in [2.05, 4.69) is 155 Å². The second-order valence-corrected chi connectivity index (χ2v) is 16.9. The van der Waals surface area contributed by atoms with Gasteiger partial charge < -0.3 is 4.42 Å². The van der Waals surface area contributed by atoms with E-state index >= 15 is 0 Å². The number of furan rings is 1. The predicted molar refractivity (Wildman–Crippen MR) is 247 cm³/mol. The number of benzene rings is 5. The normalized spacial score (nSPS) is 16.2. The first-order valence-corrected chi connectivity index (χ1v) is 21.0. The van der Waals surface area contributed by atoms with Crippen molar-refractivity contribution in [1.82, 2.24) is 15.0 Å². The summed E-state index contributed by atoms with van der Waals surface area (Å²) in [6.07, 6.45) is 13.5. The molecular formula is C56H47N3O. The molecule has 4 heteroatoms. The zero-order valence-corrected chi connectivity index (χ0v) is 34.3. The first-order valence-electron chi connectivity index (χ1n) is 21.0. The van der Waals surface area contributed by atoms with Gasteiger partial charge in [-0.25, -0.2) is 15.0 Å². The molecule has 60 heavy (non-hydrogen) atoms. The van der Waals surface area contributed by atoms with E-state index < -0.39 is 0 Å². The van der Waals surface area contributed by atoms with Crippen molar-refractivity contribution in [2.45, 2.75) is 51.4 Å². The van der Waals surface area contributed by atoms with Crippen LogP contribution in [0, 0.1) is 5.92 Å². The van der Waals surface area contributed by atoms with Crippen LogP contribution in [0.5, 0.6) is 0 Å². The summed E-state index contributed by atoms with van der Waals surface area (Å²) in [5, 5.41) is 1.08. The van der Waals surface area contributed by atoms with Crippen LogP contribution in [0.2, 0.25) is 0 Å². The molecule has 1 unspecified atom stereocenters. The molecule has 7 aromatic rings. The molecular weight excluding hydrogens is 731 g/mol. The van der Waals surface area contributed by atoms with Crippen molar-refractivity contribution in [2.75, 3.05) is 0 Å². The van der Waals surface area contributed by atoms with Gasteiger partial charge in [-0.05, 0) is 94.0 Å². The summed E-state index contributed by atoms with van der Waals surface area (Å²) >= 11 is 0. The highest BCUT2D eigenvalue weighted by Crippen LogP contribution is 2.52. The van der Waals surface area contributed by atoms with Gasteiger partial charge >= 0.3 is 0 Å². The molecule has 0 saturated heterocycles. The Morgan fingerprint density at radius 1 is 0.683 bits per heavy atom. The zero-order valence-electron chi connectivity index (χ0n) is 34.3. The third kappa shape index (κ3) is 6.63. The first-order chi connectivity index (χ1) is 29.2. The molecule has 10 rings (SSSR count). The molecule has 0 fully saturated rings. The van der Waals surface area contributed by atoms with E-state index in [0.717, 1.165) is 87.8 Å². The summed E-state index contributed by atoms with van der Waals surface area (Å²) in [7, 11) is 0. The van der Waals surface area contributed by atoms with Crippen LogP contribution < -0.4 is 0 Å². The Kier molecular flexibility index (Phi) is 9.36. The Bertz CT molecular complexity index is 2990. The summed E-state index contributed by atoms with van der Waals surface area (Å²) in [4.78, 5) is 15.5. The van der Waals surface area contributed by atoms with Crippen LogP contribution in [0.4, 0.5) is 0 Å². The van der Waals surface area contributed by atoms with Crippen molar-refractivity contribution in [3.05, 3.63) is 210 Å². The van der Waals surface area contributed by atoms with E-state index in [1.807, 2.05) is 24.3 Å². The highest BCUT2D eigenvalue weighted by atomic mass is 16.3. The van der Waals surface area contributed by atoms with Gasteiger partial charge in [-0.2, -0.15) is 0 Å². The van der Waals surface area contributed by atoms with Gasteiger partial charge in [0.05, 0.1) is 0 Å². The van der Waals surface area contributed by atoms with Crippen LogP contribution in [0.25, 0.3) is 67.4 Å². The summed E-state index contributed by atoms with van der Waals surface area (Å²) in [6, 6.07) is 42.4. The Hall–Kier alpha value is -6.91. The first kappa shape index (κ1) is 37.4. The van der Waals surface area contributed by atoms with Crippen LogP contribution in [0.1, 0.15) is 56.4 Å². The smallest absolute Gasteiger partial charge is 0.164 e. The monoisotopic (exact) mass is 777 g/mol. The molecule has 3 aliphatic carbocycles. The SMILES string of the molecule is C=C(CCc1cc2c(-c3cccc(-c4nc(-c5ccccc5)nc(-c5cccc6c5C(C)(C)c5ccccc5-6)n4)c3)cccc2o1)C(=C)CC1C=CC2=C(CCC=C2)C1=C. The van der Waals surface area contributed by atoms with E-state index in [0.29, 0.717) is 17.5 Å². The highest BCUT2D eigenvalue weighted by molar-refractivity contribution is 5.95. The number of nitrogens with zero attached hydrogens (tertiary/aromatic N) is 3. The molecule has 0 bridgehead atoms. The van der Waals surface area contributed by atoms with Gasteiger partial charge in [-0.15, -0.1) is 0 Å². The Morgan fingerprint density at radius 2 is 1.37 bits per heavy atom. The van der Waals surface area contributed by atoms with Crippen LogP contribution in [0.15, 0.2) is 198 Å². The van der Waals surface area contributed by atoms with Crippen LogP contribution in [0.3, 0.4) is 0 Å². The lowest BCUT2D eigenvalue weighted by Gasteiger charge is -2.27. The fourth-order valence-electron chi connectivity index (χ4n) is 9.49. The minimum Gasteiger partial charge on any atom is -0.461 e. The van der Waals surface area contributed by atoms with Crippen molar-refractivity contribution >= 4 is 11.0 Å². The van der Waals surface area contributed by atoms with Crippen molar-refractivity contribution in [2.24, 2.45) is 5.92 Å². The van der Waals surface area contributed by atoms with Crippen molar-refractivity contribution < 1.29 is 4.42 Å². The molecule has 2 heterocycles. The molecule has 5 aromatic carbocycles. The minimum absolute atomic E-state index is 0.219. The lowest BCUT2D eigenvalue weighted by atomic mass is 9.78. The van der Waals surface area contributed by atoms with Gasteiger partial charge in [0.15, 0.2) is 17.5 Å².